The molecule has 0 fully saturated rings. The second-order valence-corrected chi connectivity index (χ2v) is 5.39. The van der Waals surface area contributed by atoms with Gasteiger partial charge in [-0.25, -0.2) is 4.39 Å². The molecule has 0 aromatic heterocycles. The second-order valence-electron chi connectivity index (χ2n) is 4.98. The van der Waals surface area contributed by atoms with Crippen molar-refractivity contribution in [2.24, 2.45) is 0 Å². The first-order valence-electron chi connectivity index (χ1n) is 5.84. The van der Waals surface area contributed by atoms with Gasteiger partial charge in [-0.1, -0.05) is 18.5 Å². The van der Waals surface area contributed by atoms with Crippen molar-refractivity contribution in [2.75, 3.05) is 6.54 Å². The lowest BCUT2D eigenvalue weighted by Gasteiger charge is -2.38. The highest BCUT2D eigenvalue weighted by molar-refractivity contribution is 6.30. The van der Waals surface area contributed by atoms with Crippen molar-refractivity contribution in [2.45, 2.75) is 38.8 Å². The predicted molar refractivity (Wildman–Crippen MR) is 67.2 cm³/mol. The van der Waals surface area contributed by atoms with E-state index in [4.69, 9.17) is 16.3 Å². The Labute approximate surface area is 106 Å². The molecule has 2 nitrogen and oxygen atoms in total. The van der Waals surface area contributed by atoms with Crippen LogP contribution in [0.25, 0.3) is 0 Å². The summed E-state index contributed by atoms with van der Waals surface area (Å²) in [5.41, 5.74) is 0.651. The molecule has 2 rings (SSSR count). The molecule has 17 heavy (non-hydrogen) atoms. The van der Waals surface area contributed by atoms with Crippen LogP contribution in [0.1, 0.15) is 38.8 Å². The topological polar surface area (TPSA) is 21.3 Å². The third kappa shape index (κ3) is 2.55. The van der Waals surface area contributed by atoms with Gasteiger partial charge in [-0.2, -0.15) is 0 Å². The average molecular weight is 258 g/mol. The molecule has 4 heteroatoms. The Bertz CT molecular complexity index is 434. The summed E-state index contributed by atoms with van der Waals surface area (Å²) in [4.78, 5) is 0. The van der Waals surface area contributed by atoms with Crippen LogP contribution in [0.4, 0.5) is 4.39 Å². The highest BCUT2D eigenvalue weighted by atomic mass is 35.5. The summed E-state index contributed by atoms with van der Waals surface area (Å²) in [6.07, 6.45) is 0.843. The van der Waals surface area contributed by atoms with Crippen molar-refractivity contribution >= 4 is 11.6 Å². The fourth-order valence-corrected chi connectivity index (χ4v) is 2.45. The fraction of sp³-hybridized carbons (Fsp3) is 0.538. The average Bonchev–Trinajstić information content (AvgIpc) is 2.20. The molecule has 1 N–H and O–H groups in total. The van der Waals surface area contributed by atoms with E-state index >= 15 is 0 Å². The molecule has 0 saturated carbocycles. The third-order valence-electron chi connectivity index (χ3n) is 2.96. The van der Waals surface area contributed by atoms with Gasteiger partial charge in [-0.3, -0.25) is 0 Å². The molecule has 1 aliphatic rings. The van der Waals surface area contributed by atoms with Crippen molar-refractivity contribution in [1.82, 2.24) is 5.32 Å². The molecule has 1 unspecified atom stereocenters. The van der Waals surface area contributed by atoms with Crippen LogP contribution in [-0.2, 0) is 0 Å². The van der Waals surface area contributed by atoms with Crippen LogP contribution in [0.15, 0.2) is 12.1 Å². The summed E-state index contributed by atoms with van der Waals surface area (Å²) in [6, 6.07) is 3.20. The lowest BCUT2D eigenvalue weighted by Crippen LogP contribution is -2.39. The maximum absolute atomic E-state index is 13.4. The first kappa shape index (κ1) is 12.7. The molecular weight excluding hydrogens is 241 g/mol. The molecule has 0 aliphatic carbocycles. The third-order valence-corrected chi connectivity index (χ3v) is 3.25. The maximum Gasteiger partial charge on any atom is 0.145 e. The number of hydrogen-bond acceptors (Lipinski definition) is 2. The molecule has 1 atom stereocenters. The van der Waals surface area contributed by atoms with Gasteiger partial charge in [0, 0.05) is 24.1 Å². The second kappa shape index (κ2) is 4.46. The van der Waals surface area contributed by atoms with Gasteiger partial charge in [-0.05, 0) is 26.5 Å². The minimum absolute atomic E-state index is 0.148. The van der Waals surface area contributed by atoms with Gasteiger partial charge < -0.3 is 10.1 Å². The van der Waals surface area contributed by atoms with Gasteiger partial charge in [0.05, 0.1) is 5.02 Å². The molecule has 0 amide bonds. The Balaban J connectivity index is 2.45. The van der Waals surface area contributed by atoms with E-state index in [2.05, 4.69) is 5.32 Å². The SMILES string of the molecule is CCNC1CC(C)(C)Oc2cc(F)c(Cl)cc21. The minimum Gasteiger partial charge on any atom is -0.487 e. The lowest BCUT2D eigenvalue weighted by atomic mass is 9.89. The lowest BCUT2D eigenvalue weighted by molar-refractivity contribution is 0.0660. The van der Waals surface area contributed by atoms with E-state index < -0.39 is 5.82 Å². The van der Waals surface area contributed by atoms with Gasteiger partial charge >= 0.3 is 0 Å². The van der Waals surface area contributed by atoms with Crippen LogP contribution in [0, 0.1) is 5.82 Å². The van der Waals surface area contributed by atoms with E-state index in [1.807, 2.05) is 20.8 Å². The van der Waals surface area contributed by atoms with E-state index in [0.717, 1.165) is 18.5 Å². The Kier molecular flexibility index (Phi) is 3.32. The molecule has 1 aliphatic heterocycles. The first-order valence-corrected chi connectivity index (χ1v) is 6.22. The summed E-state index contributed by atoms with van der Waals surface area (Å²) in [5, 5.41) is 3.53. The normalized spacial score (nSPS) is 21.8. The standard InChI is InChI=1S/C13H17ClFNO/c1-4-16-11-7-13(2,3)17-12-6-10(15)9(14)5-8(11)12/h5-6,11,16H,4,7H2,1-3H3. The molecule has 1 heterocycles. The van der Waals surface area contributed by atoms with Gasteiger partial charge in [0.15, 0.2) is 0 Å². The Morgan fingerprint density at radius 2 is 2.24 bits per heavy atom. The maximum atomic E-state index is 13.4. The Morgan fingerprint density at radius 3 is 2.88 bits per heavy atom. The summed E-state index contributed by atoms with van der Waals surface area (Å²) in [6.45, 7) is 6.92. The smallest absolute Gasteiger partial charge is 0.145 e. The van der Waals surface area contributed by atoms with E-state index in [-0.39, 0.29) is 16.7 Å². The van der Waals surface area contributed by atoms with Gasteiger partial charge in [0.1, 0.15) is 17.2 Å². The molecule has 0 bridgehead atoms. The quantitative estimate of drug-likeness (QED) is 0.873. The van der Waals surface area contributed by atoms with Crippen LogP contribution in [0.2, 0.25) is 5.02 Å². The van der Waals surface area contributed by atoms with E-state index in [0.29, 0.717) is 5.75 Å². The Hall–Kier alpha value is -0.800. The molecule has 94 valence electrons. The van der Waals surface area contributed by atoms with E-state index in [9.17, 15) is 4.39 Å². The summed E-state index contributed by atoms with van der Waals surface area (Å²) < 4.78 is 19.2. The Morgan fingerprint density at radius 1 is 1.53 bits per heavy atom. The molecule has 1 aromatic rings. The number of halogens is 2. The van der Waals surface area contributed by atoms with Crippen molar-refractivity contribution < 1.29 is 9.13 Å². The zero-order valence-corrected chi connectivity index (χ0v) is 11.1. The van der Waals surface area contributed by atoms with Gasteiger partial charge in [0.25, 0.3) is 0 Å². The minimum atomic E-state index is -0.432. The predicted octanol–water partition coefficient (Wildman–Crippen LogP) is 3.69. The fourth-order valence-electron chi connectivity index (χ4n) is 2.27. The van der Waals surface area contributed by atoms with Crippen LogP contribution in [0.5, 0.6) is 5.75 Å². The number of fused-ring (bicyclic) bond motifs is 1. The highest BCUT2D eigenvalue weighted by Crippen LogP contribution is 2.41. The molecule has 0 spiro atoms. The van der Waals surface area contributed by atoms with Gasteiger partial charge in [-0.15, -0.1) is 0 Å². The van der Waals surface area contributed by atoms with E-state index in [1.54, 1.807) is 6.07 Å². The van der Waals surface area contributed by atoms with Crippen molar-refractivity contribution in [3.05, 3.63) is 28.5 Å². The molecule has 1 aromatic carbocycles. The monoisotopic (exact) mass is 257 g/mol. The van der Waals surface area contributed by atoms with Crippen LogP contribution in [0.3, 0.4) is 0 Å². The summed E-state index contributed by atoms with van der Waals surface area (Å²) in [7, 11) is 0. The summed E-state index contributed by atoms with van der Waals surface area (Å²) >= 11 is 5.82. The number of hydrogen-bond donors (Lipinski definition) is 1. The van der Waals surface area contributed by atoms with Crippen LogP contribution >= 0.6 is 11.6 Å². The van der Waals surface area contributed by atoms with E-state index in [1.165, 1.54) is 6.07 Å². The van der Waals surface area contributed by atoms with Gasteiger partial charge in [0.2, 0.25) is 0 Å². The number of benzene rings is 1. The highest BCUT2D eigenvalue weighted by Gasteiger charge is 2.34. The zero-order chi connectivity index (χ0) is 12.6. The number of rotatable bonds is 2. The molecule has 0 radical (unpaired) electrons. The van der Waals surface area contributed by atoms with Crippen LogP contribution < -0.4 is 10.1 Å². The van der Waals surface area contributed by atoms with Crippen molar-refractivity contribution in [3.63, 3.8) is 0 Å². The van der Waals surface area contributed by atoms with Crippen molar-refractivity contribution in [3.8, 4) is 5.75 Å². The number of nitrogens with one attached hydrogen (secondary N) is 1. The molecular formula is C13H17ClFNO. The van der Waals surface area contributed by atoms with Crippen LogP contribution in [-0.4, -0.2) is 12.1 Å². The number of ether oxygens (including phenoxy) is 1. The van der Waals surface area contributed by atoms with Crippen molar-refractivity contribution in [1.29, 1.82) is 0 Å². The molecule has 0 saturated heterocycles. The first-order chi connectivity index (χ1) is 7.93. The zero-order valence-electron chi connectivity index (χ0n) is 10.3. The largest absolute Gasteiger partial charge is 0.487 e. The summed E-state index contributed by atoms with van der Waals surface area (Å²) in [5.74, 6) is 0.160.